The van der Waals surface area contributed by atoms with Gasteiger partial charge in [-0.05, 0) is 19.4 Å². The molecule has 0 fully saturated rings. The van der Waals surface area contributed by atoms with Crippen molar-refractivity contribution < 1.29 is 0 Å². The van der Waals surface area contributed by atoms with Gasteiger partial charge in [0.15, 0.2) is 0 Å². The van der Waals surface area contributed by atoms with Crippen molar-refractivity contribution in [2.45, 2.75) is 32.6 Å². The number of aryl methyl sites for hydroxylation is 1. The van der Waals surface area contributed by atoms with E-state index in [-0.39, 0.29) is 0 Å². The van der Waals surface area contributed by atoms with Crippen LogP contribution in [-0.4, -0.2) is 16.5 Å². The summed E-state index contributed by atoms with van der Waals surface area (Å²) in [6.07, 6.45) is 3.86. The van der Waals surface area contributed by atoms with E-state index >= 15 is 0 Å². The van der Waals surface area contributed by atoms with Crippen LogP contribution in [0.2, 0.25) is 0 Å². The number of nitrogens with zero attached hydrogens (tertiary/aromatic N) is 2. The van der Waals surface area contributed by atoms with Crippen LogP contribution in [0.1, 0.15) is 37.1 Å². The molecule has 1 rings (SSSR count). The zero-order valence-electron chi connectivity index (χ0n) is 8.33. The first kappa shape index (κ1) is 10.1. The van der Waals surface area contributed by atoms with Crippen LogP contribution in [0.5, 0.6) is 0 Å². The van der Waals surface area contributed by atoms with Gasteiger partial charge < -0.3 is 5.73 Å². The lowest BCUT2D eigenvalue weighted by atomic mass is 9.99. The minimum absolute atomic E-state index is 0.395. The summed E-state index contributed by atoms with van der Waals surface area (Å²) in [6, 6.07) is 2.02. The Morgan fingerprint density at radius 1 is 1.46 bits per heavy atom. The van der Waals surface area contributed by atoms with E-state index in [1.807, 2.05) is 13.0 Å². The molecule has 0 aliphatic rings. The molecule has 1 heterocycles. The van der Waals surface area contributed by atoms with Crippen molar-refractivity contribution in [2.75, 3.05) is 6.54 Å². The molecule has 3 nitrogen and oxygen atoms in total. The predicted molar refractivity (Wildman–Crippen MR) is 53.5 cm³/mol. The highest BCUT2D eigenvalue weighted by Gasteiger charge is 2.09. The summed E-state index contributed by atoms with van der Waals surface area (Å²) < 4.78 is 0. The normalized spacial score (nSPS) is 12.8. The number of nitrogens with two attached hydrogens (primary N) is 1. The van der Waals surface area contributed by atoms with Crippen molar-refractivity contribution in [3.05, 3.63) is 23.8 Å². The van der Waals surface area contributed by atoms with Gasteiger partial charge in [-0.3, -0.25) is 0 Å². The van der Waals surface area contributed by atoms with Crippen molar-refractivity contribution in [3.8, 4) is 0 Å². The van der Waals surface area contributed by atoms with Crippen molar-refractivity contribution >= 4 is 0 Å². The zero-order chi connectivity index (χ0) is 9.68. The molecule has 13 heavy (non-hydrogen) atoms. The Kier molecular flexibility index (Phi) is 3.83. The number of rotatable bonds is 4. The van der Waals surface area contributed by atoms with E-state index in [1.54, 1.807) is 6.33 Å². The summed E-state index contributed by atoms with van der Waals surface area (Å²) in [5.74, 6) is 0.395. The fraction of sp³-hybridized carbons (Fsp3) is 0.600. The topological polar surface area (TPSA) is 51.8 Å². The highest BCUT2D eigenvalue weighted by molar-refractivity contribution is 5.11. The van der Waals surface area contributed by atoms with Gasteiger partial charge in [-0.15, -0.1) is 0 Å². The molecular formula is C10H17N3. The summed E-state index contributed by atoms with van der Waals surface area (Å²) in [7, 11) is 0. The maximum Gasteiger partial charge on any atom is 0.115 e. The molecule has 0 amide bonds. The van der Waals surface area contributed by atoms with Gasteiger partial charge in [0.05, 0.1) is 0 Å². The Balaban J connectivity index is 2.78. The number of aromatic nitrogens is 2. The van der Waals surface area contributed by atoms with Crippen LogP contribution in [0.25, 0.3) is 0 Å². The first-order chi connectivity index (χ1) is 6.27. The lowest BCUT2D eigenvalue weighted by molar-refractivity contribution is 0.604. The SMILES string of the molecule is CCC[C@H](CN)c1cc(C)ncn1. The van der Waals surface area contributed by atoms with Crippen molar-refractivity contribution in [2.24, 2.45) is 5.73 Å². The molecule has 0 saturated carbocycles. The Hall–Kier alpha value is -0.960. The predicted octanol–water partition coefficient (Wildman–Crippen LogP) is 1.63. The van der Waals surface area contributed by atoms with Gasteiger partial charge in [0.2, 0.25) is 0 Å². The van der Waals surface area contributed by atoms with Gasteiger partial charge in [0, 0.05) is 23.9 Å². The molecule has 1 aromatic rings. The van der Waals surface area contributed by atoms with E-state index in [2.05, 4.69) is 16.9 Å². The third-order valence-corrected chi connectivity index (χ3v) is 2.16. The van der Waals surface area contributed by atoms with Crippen LogP contribution >= 0.6 is 0 Å². The van der Waals surface area contributed by atoms with E-state index in [4.69, 9.17) is 5.73 Å². The lowest BCUT2D eigenvalue weighted by Gasteiger charge is -2.12. The monoisotopic (exact) mass is 179 g/mol. The molecule has 3 heteroatoms. The van der Waals surface area contributed by atoms with E-state index in [0.717, 1.165) is 24.2 Å². The van der Waals surface area contributed by atoms with Gasteiger partial charge in [0.1, 0.15) is 6.33 Å². The van der Waals surface area contributed by atoms with Gasteiger partial charge in [-0.1, -0.05) is 13.3 Å². The van der Waals surface area contributed by atoms with Crippen LogP contribution in [0.15, 0.2) is 12.4 Å². The van der Waals surface area contributed by atoms with E-state index in [0.29, 0.717) is 12.5 Å². The number of hydrogen-bond acceptors (Lipinski definition) is 3. The van der Waals surface area contributed by atoms with Crippen molar-refractivity contribution in [1.82, 2.24) is 9.97 Å². The van der Waals surface area contributed by atoms with Gasteiger partial charge in [-0.2, -0.15) is 0 Å². The summed E-state index contributed by atoms with van der Waals surface area (Å²) in [5.41, 5.74) is 7.77. The van der Waals surface area contributed by atoms with Crippen LogP contribution in [0.4, 0.5) is 0 Å². The molecule has 2 N–H and O–H groups in total. The molecule has 1 aromatic heterocycles. The smallest absolute Gasteiger partial charge is 0.115 e. The van der Waals surface area contributed by atoms with Gasteiger partial charge in [0.25, 0.3) is 0 Å². The lowest BCUT2D eigenvalue weighted by Crippen LogP contribution is -2.14. The standard InChI is InChI=1S/C10H17N3/c1-3-4-9(6-11)10-5-8(2)12-7-13-10/h5,7,9H,3-4,6,11H2,1-2H3/t9-/m1/s1. The first-order valence-electron chi connectivity index (χ1n) is 4.76. The van der Waals surface area contributed by atoms with Gasteiger partial charge in [-0.25, -0.2) is 9.97 Å². The van der Waals surface area contributed by atoms with Crippen LogP contribution in [0.3, 0.4) is 0 Å². The molecule has 0 spiro atoms. The largest absolute Gasteiger partial charge is 0.330 e. The maximum absolute atomic E-state index is 5.68. The third-order valence-electron chi connectivity index (χ3n) is 2.16. The molecule has 0 aromatic carbocycles. The second kappa shape index (κ2) is 4.92. The summed E-state index contributed by atoms with van der Waals surface area (Å²) >= 11 is 0. The molecule has 0 aliphatic carbocycles. The summed E-state index contributed by atoms with van der Waals surface area (Å²) in [4.78, 5) is 8.30. The minimum atomic E-state index is 0.395. The van der Waals surface area contributed by atoms with Crippen LogP contribution in [0, 0.1) is 6.92 Å². The minimum Gasteiger partial charge on any atom is -0.330 e. The Labute approximate surface area is 79.4 Å². The third kappa shape index (κ3) is 2.77. The van der Waals surface area contributed by atoms with E-state index in [9.17, 15) is 0 Å². The van der Waals surface area contributed by atoms with Crippen molar-refractivity contribution in [3.63, 3.8) is 0 Å². The molecule has 0 bridgehead atoms. The Morgan fingerprint density at radius 2 is 2.23 bits per heavy atom. The van der Waals surface area contributed by atoms with Crippen LogP contribution in [-0.2, 0) is 0 Å². The second-order valence-electron chi connectivity index (χ2n) is 3.31. The quantitative estimate of drug-likeness (QED) is 0.764. The Bertz CT molecular complexity index is 260. The average molecular weight is 179 g/mol. The number of hydrogen-bond donors (Lipinski definition) is 1. The molecule has 0 unspecified atom stereocenters. The average Bonchev–Trinajstić information content (AvgIpc) is 2.14. The molecule has 1 atom stereocenters. The Morgan fingerprint density at radius 3 is 2.77 bits per heavy atom. The summed E-state index contributed by atoms with van der Waals surface area (Å²) in [6.45, 7) is 4.81. The molecule has 0 radical (unpaired) electrons. The maximum atomic E-state index is 5.68. The molecule has 0 saturated heterocycles. The van der Waals surface area contributed by atoms with E-state index < -0.39 is 0 Å². The van der Waals surface area contributed by atoms with Crippen LogP contribution < -0.4 is 5.73 Å². The van der Waals surface area contributed by atoms with E-state index in [1.165, 1.54) is 0 Å². The first-order valence-corrected chi connectivity index (χ1v) is 4.76. The zero-order valence-corrected chi connectivity index (χ0v) is 8.33. The second-order valence-corrected chi connectivity index (χ2v) is 3.31. The molecule has 0 aliphatic heterocycles. The summed E-state index contributed by atoms with van der Waals surface area (Å²) in [5, 5.41) is 0. The van der Waals surface area contributed by atoms with Crippen molar-refractivity contribution in [1.29, 1.82) is 0 Å². The van der Waals surface area contributed by atoms with Gasteiger partial charge >= 0.3 is 0 Å². The molecule has 72 valence electrons. The highest BCUT2D eigenvalue weighted by atomic mass is 14.8. The highest BCUT2D eigenvalue weighted by Crippen LogP contribution is 2.17. The molecular weight excluding hydrogens is 162 g/mol. The fourth-order valence-corrected chi connectivity index (χ4v) is 1.43. The fourth-order valence-electron chi connectivity index (χ4n) is 1.43.